The molecule has 11 nitrogen and oxygen atoms in total. The molecule has 3 heterocycles. The predicted molar refractivity (Wildman–Crippen MR) is 140 cm³/mol. The minimum Gasteiger partial charge on any atom is -0.382 e. The number of hydrogen-bond donors (Lipinski definition) is 3. The van der Waals surface area contributed by atoms with E-state index in [2.05, 4.69) is 26.1 Å². The van der Waals surface area contributed by atoms with Crippen molar-refractivity contribution in [2.75, 3.05) is 32.1 Å². The Morgan fingerprint density at radius 1 is 1.18 bits per heavy atom. The number of amides is 4. The molecule has 0 bridgehead atoms. The van der Waals surface area contributed by atoms with Gasteiger partial charge in [0, 0.05) is 18.9 Å². The number of ether oxygens (including phenoxy) is 1. The topological polar surface area (TPSA) is 139 Å². The zero-order chi connectivity index (χ0) is 29.0. The normalized spacial score (nSPS) is 16.1. The molecule has 0 unspecified atom stereocenters. The molecule has 13 heteroatoms. The van der Waals surface area contributed by atoms with E-state index in [4.69, 9.17) is 9.26 Å². The molecule has 40 heavy (non-hydrogen) atoms. The number of halogens is 2. The number of benzene rings is 1. The number of hydrogen-bond acceptors (Lipinski definition) is 7. The van der Waals surface area contributed by atoms with Gasteiger partial charge in [0.05, 0.1) is 25.7 Å². The second kappa shape index (κ2) is 11.8. The molecule has 1 aliphatic heterocycles. The number of carbonyl (C=O) groups is 3. The summed E-state index contributed by atoms with van der Waals surface area (Å²) in [6.07, 6.45) is 2.71. The molecule has 4 amide bonds. The fourth-order valence-corrected chi connectivity index (χ4v) is 4.56. The standard InChI is InChI=1S/C27H30F2N6O5/c1-15-7-16(2)9-19(8-15)23(33-24(36)22-17(3)11-40-34-22)25(37)32-21-10-18(5-6-30-21)20(12-39-4)35-14-27(28,29)13-31-26(35)38/h5-11,20,23H,12-14H2,1-4H3,(H,31,38)(H,33,36)(H,30,32,37)/t20-,23+/m1/s1. The summed E-state index contributed by atoms with van der Waals surface area (Å²) in [5.41, 5.74) is 3.28. The number of methoxy groups -OCH3 is 1. The third-order valence-corrected chi connectivity index (χ3v) is 6.36. The van der Waals surface area contributed by atoms with E-state index in [9.17, 15) is 23.2 Å². The Bertz CT molecular complexity index is 1390. The molecule has 212 valence electrons. The molecule has 3 aromatic rings. The van der Waals surface area contributed by atoms with Crippen LogP contribution in [-0.4, -0.2) is 65.6 Å². The van der Waals surface area contributed by atoms with E-state index in [1.807, 2.05) is 19.9 Å². The summed E-state index contributed by atoms with van der Waals surface area (Å²) < 4.78 is 38.3. The zero-order valence-electron chi connectivity index (χ0n) is 22.5. The van der Waals surface area contributed by atoms with Gasteiger partial charge < -0.3 is 30.1 Å². The quantitative estimate of drug-likeness (QED) is 0.367. The third-order valence-electron chi connectivity index (χ3n) is 6.36. The van der Waals surface area contributed by atoms with E-state index < -0.39 is 48.9 Å². The number of anilines is 1. The first-order valence-corrected chi connectivity index (χ1v) is 12.5. The van der Waals surface area contributed by atoms with Crippen LogP contribution in [-0.2, 0) is 9.53 Å². The second-order valence-corrected chi connectivity index (χ2v) is 9.75. The Morgan fingerprint density at radius 2 is 1.90 bits per heavy atom. The lowest BCUT2D eigenvalue weighted by Crippen LogP contribution is -2.58. The van der Waals surface area contributed by atoms with Gasteiger partial charge in [-0.1, -0.05) is 34.5 Å². The molecule has 1 fully saturated rings. The Balaban J connectivity index is 1.62. The SMILES string of the molecule is COC[C@H](c1ccnc(NC(=O)[C@@H](NC(=O)c2nocc2C)c2cc(C)cc(C)c2)c1)N1CC(F)(F)CNC1=O. The Labute approximate surface area is 229 Å². The minimum absolute atomic E-state index is 0.0429. The number of aryl methyl sites for hydroxylation is 3. The van der Waals surface area contributed by atoms with Crippen LogP contribution in [0.2, 0.25) is 0 Å². The van der Waals surface area contributed by atoms with Crippen LogP contribution in [0.1, 0.15) is 50.4 Å². The van der Waals surface area contributed by atoms with Crippen LogP contribution in [0.3, 0.4) is 0 Å². The van der Waals surface area contributed by atoms with Crippen molar-refractivity contribution in [3.8, 4) is 0 Å². The van der Waals surface area contributed by atoms with Crippen LogP contribution in [0.15, 0.2) is 47.3 Å². The molecule has 3 N–H and O–H groups in total. The molecule has 0 aliphatic carbocycles. The van der Waals surface area contributed by atoms with E-state index in [1.165, 1.54) is 25.6 Å². The number of pyridine rings is 1. The highest BCUT2D eigenvalue weighted by molar-refractivity contribution is 6.01. The predicted octanol–water partition coefficient (Wildman–Crippen LogP) is 3.45. The van der Waals surface area contributed by atoms with Crippen LogP contribution < -0.4 is 16.0 Å². The monoisotopic (exact) mass is 556 g/mol. The molecule has 1 aliphatic rings. The summed E-state index contributed by atoms with van der Waals surface area (Å²) in [5, 5.41) is 11.3. The summed E-state index contributed by atoms with van der Waals surface area (Å²) in [5.74, 6) is -4.24. The molecule has 0 saturated carbocycles. The number of nitrogens with zero attached hydrogens (tertiary/aromatic N) is 3. The Kier molecular flexibility index (Phi) is 8.43. The van der Waals surface area contributed by atoms with Gasteiger partial charge in [0.2, 0.25) is 0 Å². The van der Waals surface area contributed by atoms with Gasteiger partial charge in [-0.15, -0.1) is 0 Å². The lowest BCUT2D eigenvalue weighted by molar-refractivity contribution is -0.118. The van der Waals surface area contributed by atoms with Gasteiger partial charge in [0.1, 0.15) is 18.1 Å². The number of rotatable bonds is 9. The van der Waals surface area contributed by atoms with E-state index in [0.717, 1.165) is 16.0 Å². The third kappa shape index (κ3) is 6.60. The van der Waals surface area contributed by atoms with Gasteiger partial charge in [-0.3, -0.25) is 9.59 Å². The first kappa shape index (κ1) is 28.6. The van der Waals surface area contributed by atoms with Crippen LogP contribution in [0.4, 0.5) is 19.4 Å². The summed E-state index contributed by atoms with van der Waals surface area (Å²) in [4.78, 5) is 44.2. The molecule has 1 saturated heterocycles. The van der Waals surface area contributed by atoms with E-state index in [0.29, 0.717) is 16.7 Å². The number of urea groups is 1. The number of aromatic nitrogens is 2. The highest BCUT2D eigenvalue weighted by Gasteiger charge is 2.42. The van der Waals surface area contributed by atoms with E-state index in [1.54, 1.807) is 25.1 Å². The number of alkyl halides is 2. The summed E-state index contributed by atoms with van der Waals surface area (Å²) in [7, 11) is 1.39. The van der Waals surface area contributed by atoms with Crippen molar-refractivity contribution in [1.82, 2.24) is 25.7 Å². The number of nitrogens with one attached hydrogen (secondary N) is 3. The molecular weight excluding hydrogens is 526 g/mol. The van der Waals surface area contributed by atoms with E-state index in [-0.39, 0.29) is 18.1 Å². The fraction of sp³-hybridized carbons (Fsp3) is 0.370. The van der Waals surface area contributed by atoms with Crippen molar-refractivity contribution >= 4 is 23.7 Å². The van der Waals surface area contributed by atoms with Gasteiger partial charge in [-0.25, -0.2) is 18.6 Å². The van der Waals surface area contributed by atoms with Gasteiger partial charge in [0.25, 0.3) is 17.7 Å². The first-order valence-electron chi connectivity index (χ1n) is 12.5. The highest BCUT2D eigenvalue weighted by atomic mass is 19.3. The maximum absolute atomic E-state index is 14.1. The molecule has 4 rings (SSSR count). The smallest absolute Gasteiger partial charge is 0.318 e. The maximum Gasteiger partial charge on any atom is 0.318 e. The van der Waals surface area contributed by atoms with Gasteiger partial charge in [0.15, 0.2) is 5.69 Å². The maximum atomic E-state index is 14.1. The lowest BCUT2D eigenvalue weighted by Gasteiger charge is -2.38. The summed E-state index contributed by atoms with van der Waals surface area (Å²) in [6, 6.07) is 5.86. The summed E-state index contributed by atoms with van der Waals surface area (Å²) in [6.45, 7) is 3.78. The van der Waals surface area contributed by atoms with Crippen LogP contribution in [0, 0.1) is 20.8 Å². The first-order chi connectivity index (χ1) is 19.0. The molecule has 0 spiro atoms. The average molecular weight is 557 g/mol. The van der Waals surface area contributed by atoms with Crippen molar-refractivity contribution < 1.29 is 32.4 Å². The molecule has 2 atom stereocenters. The molecule has 0 radical (unpaired) electrons. The van der Waals surface area contributed by atoms with Crippen LogP contribution >= 0.6 is 0 Å². The fourth-order valence-electron chi connectivity index (χ4n) is 4.56. The van der Waals surface area contributed by atoms with Gasteiger partial charge in [-0.2, -0.15) is 0 Å². The lowest BCUT2D eigenvalue weighted by atomic mass is 10.00. The van der Waals surface area contributed by atoms with Crippen molar-refractivity contribution in [2.24, 2.45) is 0 Å². The Hall–Kier alpha value is -4.39. The average Bonchev–Trinajstić information content (AvgIpc) is 3.32. The Morgan fingerprint density at radius 3 is 2.55 bits per heavy atom. The number of carbonyl (C=O) groups excluding carboxylic acids is 3. The highest BCUT2D eigenvalue weighted by Crippen LogP contribution is 2.29. The second-order valence-electron chi connectivity index (χ2n) is 9.75. The summed E-state index contributed by atoms with van der Waals surface area (Å²) >= 11 is 0. The van der Waals surface area contributed by atoms with Gasteiger partial charge in [-0.05, 0) is 44.0 Å². The van der Waals surface area contributed by atoms with Crippen LogP contribution in [0.25, 0.3) is 0 Å². The molecule has 1 aromatic carbocycles. The zero-order valence-corrected chi connectivity index (χ0v) is 22.5. The van der Waals surface area contributed by atoms with Crippen molar-refractivity contribution in [2.45, 2.75) is 38.8 Å². The van der Waals surface area contributed by atoms with Crippen molar-refractivity contribution in [3.63, 3.8) is 0 Å². The molecular formula is C27H30F2N6O5. The van der Waals surface area contributed by atoms with Crippen molar-refractivity contribution in [1.29, 1.82) is 0 Å². The molecule has 2 aromatic heterocycles. The van der Waals surface area contributed by atoms with Crippen molar-refractivity contribution in [3.05, 3.63) is 76.3 Å². The largest absolute Gasteiger partial charge is 0.382 e. The van der Waals surface area contributed by atoms with Gasteiger partial charge >= 0.3 is 6.03 Å². The van der Waals surface area contributed by atoms with E-state index >= 15 is 0 Å². The minimum atomic E-state index is -3.12. The van der Waals surface area contributed by atoms with Crippen LogP contribution in [0.5, 0.6) is 0 Å².